The maximum atomic E-state index is 12.2. The van der Waals surface area contributed by atoms with E-state index < -0.39 is 10.0 Å². The Morgan fingerprint density at radius 2 is 1.76 bits per heavy atom. The highest BCUT2D eigenvalue weighted by atomic mass is 32.2. The first-order valence-corrected chi connectivity index (χ1v) is 9.30. The van der Waals surface area contributed by atoms with Gasteiger partial charge < -0.3 is 4.90 Å². The van der Waals surface area contributed by atoms with Crippen LogP contribution in [0.4, 0.5) is 0 Å². The molecule has 1 heterocycles. The second-order valence-corrected chi connectivity index (χ2v) is 8.02. The zero-order valence-electron chi connectivity index (χ0n) is 13.2. The third kappa shape index (κ3) is 5.09. The Kier molecular flexibility index (Phi) is 5.41. The molecular weight excluding hydrogens is 284 g/mol. The number of hydrogen-bond acceptors (Lipinski definition) is 3. The van der Waals surface area contributed by atoms with Crippen LogP contribution in [-0.2, 0) is 15.8 Å². The largest absolute Gasteiger partial charge is 0.301 e. The Morgan fingerprint density at radius 1 is 1.19 bits per heavy atom. The monoisotopic (exact) mass is 310 g/mol. The van der Waals surface area contributed by atoms with Crippen LogP contribution >= 0.6 is 0 Å². The number of rotatable bonds is 5. The molecule has 4 nitrogen and oxygen atoms in total. The van der Waals surface area contributed by atoms with E-state index in [-0.39, 0.29) is 11.8 Å². The molecule has 1 fully saturated rings. The summed E-state index contributed by atoms with van der Waals surface area (Å²) in [7, 11) is -3.25. The van der Waals surface area contributed by atoms with Gasteiger partial charge in [0.2, 0.25) is 10.0 Å². The highest BCUT2D eigenvalue weighted by molar-refractivity contribution is 7.88. The summed E-state index contributed by atoms with van der Waals surface area (Å²) >= 11 is 0. The summed E-state index contributed by atoms with van der Waals surface area (Å²) in [5.74, 6) is 0.0671. The molecule has 5 heteroatoms. The fraction of sp³-hybridized carbons (Fsp3) is 0.625. The Labute approximate surface area is 128 Å². The minimum atomic E-state index is -3.25. The van der Waals surface area contributed by atoms with Crippen molar-refractivity contribution in [2.24, 2.45) is 0 Å². The number of nitrogens with one attached hydrogen (secondary N) is 1. The standard InChI is InChI=1S/C16H26N2O2S/c1-13(2)18-10-8-16(9-11-18)17-21(19,20)12-15-6-4-14(3)5-7-15/h4-7,13,16-17H,8-12H2,1-3H3. The number of nitrogens with zero attached hydrogens (tertiary/aromatic N) is 1. The lowest BCUT2D eigenvalue weighted by Gasteiger charge is -2.34. The fourth-order valence-electron chi connectivity index (χ4n) is 2.73. The molecule has 0 amide bonds. The van der Waals surface area contributed by atoms with E-state index in [1.807, 2.05) is 31.2 Å². The van der Waals surface area contributed by atoms with Gasteiger partial charge in [0.05, 0.1) is 5.75 Å². The summed E-state index contributed by atoms with van der Waals surface area (Å²) in [6.45, 7) is 8.30. The molecule has 1 N–H and O–H groups in total. The van der Waals surface area contributed by atoms with Gasteiger partial charge in [0.1, 0.15) is 0 Å². The number of likely N-dealkylation sites (tertiary alicyclic amines) is 1. The van der Waals surface area contributed by atoms with E-state index in [0.29, 0.717) is 6.04 Å². The highest BCUT2D eigenvalue weighted by Gasteiger charge is 2.24. The van der Waals surface area contributed by atoms with Crippen LogP contribution in [-0.4, -0.2) is 38.5 Å². The van der Waals surface area contributed by atoms with Crippen LogP contribution in [0.2, 0.25) is 0 Å². The molecule has 1 aliphatic heterocycles. The van der Waals surface area contributed by atoms with Gasteiger partial charge >= 0.3 is 0 Å². The van der Waals surface area contributed by atoms with Gasteiger partial charge in [-0.05, 0) is 52.3 Å². The normalized spacial score (nSPS) is 18.3. The zero-order chi connectivity index (χ0) is 15.5. The first kappa shape index (κ1) is 16.5. The molecule has 0 unspecified atom stereocenters. The van der Waals surface area contributed by atoms with Crippen molar-refractivity contribution in [3.8, 4) is 0 Å². The fourth-order valence-corrected chi connectivity index (χ4v) is 4.19. The smallest absolute Gasteiger partial charge is 0.216 e. The number of piperidine rings is 1. The van der Waals surface area contributed by atoms with E-state index >= 15 is 0 Å². The molecule has 0 saturated carbocycles. The lowest BCUT2D eigenvalue weighted by molar-refractivity contribution is 0.168. The predicted molar refractivity (Wildman–Crippen MR) is 86.7 cm³/mol. The van der Waals surface area contributed by atoms with E-state index in [9.17, 15) is 8.42 Å². The summed E-state index contributed by atoms with van der Waals surface area (Å²) in [5.41, 5.74) is 1.98. The number of sulfonamides is 1. The number of aryl methyl sites for hydroxylation is 1. The molecular formula is C16H26N2O2S. The Balaban J connectivity index is 1.88. The third-order valence-corrected chi connectivity index (χ3v) is 5.49. The summed E-state index contributed by atoms with van der Waals surface area (Å²) in [4.78, 5) is 2.39. The average Bonchev–Trinajstić information content (AvgIpc) is 2.41. The van der Waals surface area contributed by atoms with E-state index in [1.165, 1.54) is 0 Å². The third-order valence-electron chi connectivity index (χ3n) is 4.08. The summed E-state index contributed by atoms with van der Waals surface area (Å²) in [5, 5.41) is 0. The molecule has 21 heavy (non-hydrogen) atoms. The molecule has 1 aromatic carbocycles. The maximum absolute atomic E-state index is 12.2. The van der Waals surface area contributed by atoms with Gasteiger partial charge in [-0.25, -0.2) is 13.1 Å². The molecule has 2 rings (SSSR count). The summed E-state index contributed by atoms with van der Waals surface area (Å²) in [6, 6.07) is 8.29. The first-order valence-electron chi connectivity index (χ1n) is 7.65. The molecule has 0 aromatic heterocycles. The van der Waals surface area contributed by atoms with Crippen LogP contribution < -0.4 is 4.72 Å². The van der Waals surface area contributed by atoms with Crippen LogP contribution in [0.5, 0.6) is 0 Å². The quantitative estimate of drug-likeness (QED) is 0.908. The van der Waals surface area contributed by atoms with Crippen LogP contribution in [0.25, 0.3) is 0 Å². The Bertz CT molecular complexity index is 544. The molecule has 0 spiro atoms. The van der Waals surface area contributed by atoms with Gasteiger partial charge in [-0.2, -0.15) is 0 Å². The van der Waals surface area contributed by atoms with Crippen molar-refractivity contribution >= 4 is 10.0 Å². The zero-order valence-corrected chi connectivity index (χ0v) is 14.0. The van der Waals surface area contributed by atoms with Crippen LogP contribution in [0.3, 0.4) is 0 Å². The Hall–Kier alpha value is -0.910. The van der Waals surface area contributed by atoms with Gasteiger partial charge in [0.25, 0.3) is 0 Å². The molecule has 118 valence electrons. The van der Waals surface area contributed by atoms with E-state index in [0.717, 1.165) is 37.1 Å². The van der Waals surface area contributed by atoms with Gasteiger partial charge in [-0.1, -0.05) is 29.8 Å². The average molecular weight is 310 g/mol. The van der Waals surface area contributed by atoms with Crippen LogP contribution in [0, 0.1) is 6.92 Å². The molecule has 0 aliphatic carbocycles. The maximum Gasteiger partial charge on any atom is 0.216 e. The number of benzene rings is 1. The van der Waals surface area contributed by atoms with Gasteiger partial charge in [-0.3, -0.25) is 0 Å². The predicted octanol–water partition coefficient (Wildman–Crippen LogP) is 2.29. The van der Waals surface area contributed by atoms with Crippen molar-refractivity contribution in [2.45, 2.75) is 51.4 Å². The van der Waals surface area contributed by atoms with Crippen LogP contribution in [0.15, 0.2) is 24.3 Å². The highest BCUT2D eigenvalue weighted by Crippen LogP contribution is 2.15. The van der Waals surface area contributed by atoms with Crippen molar-refractivity contribution in [1.29, 1.82) is 0 Å². The van der Waals surface area contributed by atoms with Gasteiger partial charge in [-0.15, -0.1) is 0 Å². The van der Waals surface area contributed by atoms with Crippen molar-refractivity contribution in [3.63, 3.8) is 0 Å². The molecule has 0 bridgehead atoms. The van der Waals surface area contributed by atoms with Gasteiger partial charge in [0, 0.05) is 12.1 Å². The van der Waals surface area contributed by atoms with E-state index in [1.54, 1.807) is 0 Å². The van der Waals surface area contributed by atoms with Crippen molar-refractivity contribution in [3.05, 3.63) is 35.4 Å². The van der Waals surface area contributed by atoms with Crippen molar-refractivity contribution in [1.82, 2.24) is 9.62 Å². The molecule has 1 aromatic rings. The first-order chi connectivity index (χ1) is 9.85. The second kappa shape index (κ2) is 6.90. The number of hydrogen-bond donors (Lipinski definition) is 1. The lowest BCUT2D eigenvalue weighted by atomic mass is 10.1. The van der Waals surface area contributed by atoms with E-state index in [2.05, 4.69) is 23.5 Å². The van der Waals surface area contributed by atoms with E-state index in [4.69, 9.17) is 0 Å². The minimum absolute atomic E-state index is 0.0671. The Morgan fingerprint density at radius 3 is 2.29 bits per heavy atom. The van der Waals surface area contributed by atoms with Crippen LogP contribution in [0.1, 0.15) is 37.8 Å². The minimum Gasteiger partial charge on any atom is -0.301 e. The molecule has 1 aliphatic rings. The summed E-state index contributed by atoms with van der Waals surface area (Å²) < 4.78 is 27.4. The van der Waals surface area contributed by atoms with Gasteiger partial charge in [0.15, 0.2) is 0 Å². The SMILES string of the molecule is Cc1ccc(CS(=O)(=O)NC2CCN(C(C)C)CC2)cc1. The molecule has 0 atom stereocenters. The van der Waals surface area contributed by atoms with Crippen molar-refractivity contribution < 1.29 is 8.42 Å². The second-order valence-electron chi connectivity index (χ2n) is 6.27. The molecule has 0 radical (unpaired) electrons. The topological polar surface area (TPSA) is 49.4 Å². The van der Waals surface area contributed by atoms with Crippen molar-refractivity contribution in [2.75, 3.05) is 13.1 Å². The molecule has 1 saturated heterocycles. The summed E-state index contributed by atoms with van der Waals surface area (Å²) in [6.07, 6.45) is 1.79. The lowest BCUT2D eigenvalue weighted by Crippen LogP contribution is -2.46.